The van der Waals surface area contributed by atoms with Crippen LogP contribution in [0.1, 0.15) is 17.3 Å². The Morgan fingerprint density at radius 1 is 1.00 bits per heavy atom. The van der Waals surface area contributed by atoms with Gasteiger partial charge in [0.05, 0.1) is 17.4 Å². The Labute approximate surface area is 153 Å². The number of nitrogens with one attached hydrogen (secondary N) is 1. The summed E-state index contributed by atoms with van der Waals surface area (Å²) in [5, 5.41) is 2.40. The number of piperazine rings is 1. The molecular weight excluding hydrogens is 361 g/mol. The maximum absolute atomic E-state index is 13.7. The minimum atomic E-state index is -1.69. The summed E-state index contributed by atoms with van der Waals surface area (Å²) < 4.78 is 39.9. The summed E-state index contributed by atoms with van der Waals surface area (Å²) in [6.07, 6.45) is 1.39. The van der Waals surface area contributed by atoms with Crippen molar-refractivity contribution in [2.45, 2.75) is 6.92 Å². The number of benzene rings is 1. The van der Waals surface area contributed by atoms with Gasteiger partial charge in [-0.15, -0.1) is 0 Å². The summed E-state index contributed by atoms with van der Waals surface area (Å²) in [4.78, 5) is 31.4. The highest BCUT2D eigenvalue weighted by Crippen LogP contribution is 2.19. The molecule has 2 amide bonds. The first kappa shape index (κ1) is 18.7. The molecule has 1 aromatic carbocycles. The maximum atomic E-state index is 13.7. The topological polar surface area (TPSA) is 65.5 Å². The molecule has 0 radical (unpaired) electrons. The molecule has 3 rings (SSSR count). The van der Waals surface area contributed by atoms with Crippen molar-refractivity contribution >= 4 is 23.3 Å². The molecule has 0 aliphatic carbocycles. The molecule has 0 saturated carbocycles. The number of carbonyl (C=O) groups is 2. The van der Waals surface area contributed by atoms with Crippen LogP contribution in [-0.4, -0.2) is 47.9 Å². The first-order valence-corrected chi connectivity index (χ1v) is 8.28. The van der Waals surface area contributed by atoms with E-state index in [9.17, 15) is 22.8 Å². The first-order valence-electron chi connectivity index (χ1n) is 8.28. The Balaban J connectivity index is 1.65. The standard InChI is InChI=1S/C18H17F3N4O2/c1-11(26)24-6-8-25(9-7-24)15-5-2-12(10-22-15)23-18(27)13-3-4-14(19)17(21)16(13)20/h2-5,10H,6-9H2,1H3,(H,23,27). The van der Waals surface area contributed by atoms with Gasteiger partial charge in [0.1, 0.15) is 5.82 Å². The van der Waals surface area contributed by atoms with Crippen molar-refractivity contribution in [3.63, 3.8) is 0 Å². The number of hydrogen-bond acceptors (Lipinski definition) is 4. The monoisotopic (exact) mass is 378 g/mol. The summed E-state index contributed by atoms with van der Waals surface area (Å²) in [6.45, 7) is 4.01. The zero-order valence-electron chi connectivity index (χ0n) is 14.5. The third kappa shape index (κ3) is 4.02. The van der Waals surface area contributed by atoms with E-state index in [0.29, 0.717) is 38.1 Å². The third-order valence-corrected chi connectivity index (χ3v) is 4.33. The second kappa shape index (κ2) is 7.65. The number of aromatic nitrogens is 1. The van der Waals surface area contributed by atoms with Gasteiger partial charge in [0.25, 0.3) is 5.91 Å². The molecular formula is C18H17F3N4O2. The van der Waals surface area contributed by atoms with Crippen LogP contribution in [0.25, 0.3) is 0 Å². The average Bonchev–Trinajstić information content (AvgIpc) is 2.67. The van der Waals surface area contributed by atoms with Crippen molar-refractivity contribution in [2.24, 2.45) is 0 Å². The van der Waals surface area contributed by atoms with E-state index < -0.39 is 28.9 Å². The lowest BCUT2D eigenvalue weighted by Crippen LogP contribution is -2.48. The Kier molecular flexibility index (Phi) is 5.29. The van der Waals surface area contributed by atoms with Crippen LogP contribution in [0.3, 0.4) is 0 Å². The Morgan fingerprint density at radius 3 is 2.30 bits per heavy atom. The Bertz CT molecular complexity index is 866. The van der Waals surface area contributed by atoms with E-state index >= 15 is 0 Å². The van der Waals surface area contributed by atoms with Gasteiger partial charge >= 0.3 is 0 Å². The van der Waals surface area contributed by atoms with Crippen LogP contribution >= 0.6 is 0 Å². The van der Waals surface area contributed by atoms with Gasteiger partial charge in [-0.3, -0.25) is 9.59 Å². The number of pyridine rings is 1. The van der Waals surface area contributed by atoms with E-state index in [4.69, 9.17) is 0 Å². The van der Waals surface area contributed by atoms with Crippen LogP contribution in [0, 0.1) is 17.5 Å². The molecule has 9 heteroatoms. The van der Waals surface area contributed by atoms with Crippen molar-refractivity contribution in [2.75, 3.05) is 36.4 Å². The quantitative estimate of drug-likeness (QED) is 0.834. The third-order valence-electron chi connectivity index (χ3n) is 4.33. The van der Waals surface area contributed by atoms with Crippen LogP contribution in [0.15, 0.2) is 30.5 Å². The van der Waals surface area contributed by atoms with Crippen molar-refractivity contribution in [3.8, 4) is 0 Å². The molecule has 1 N–H and O–H groups in total. The molecule has 6 nitrogen and oxygen atoms in total. The summed E-state index contributed by atoms with van der Waals surface area (Å²) >= 11 is 0. The summed E-state index contributed by atoms with van der Waals surface area (Å²) in [5.41, 5.74) is -0.311. The molecule has 1 saturated heterocycles. The lowest BCUT2D eigenvalue weighted by molar-refractivity contribution is -0.129. The fraction of sp³-hybridized carbons (Fsp3) is 0.278. The van der Waals surface area contributed by atoms with Crippen LogP contribution in [0.5, 0.6) is 0 Å². The SMILES string of the molecule is CC(=O)N1CCN(c2ccc(NC(=O)c3ccc(F)c(F)c3F)cn2)CC1. The largest absolute Gasteiger partial charge is 0.353 e. The highest BCUT2D eigenvalue weighted by Gasteiger charge is 2.21. The number of carbonyl (C=O) groups excluding carboxylic acids is 2. The van der Waals surface area contributed by atoms with Crippen LogP contribution in [-0.2, 0) is 4.79 Å². The minimum Gasteiger partial charge on any atom is -0.353 e. The van der Waals surface area contributed by atoms with E-state index in [1.54, 1.807) is 17.0 Å². The van der Waals surface area contributed by atoms with Gasteiger partial charge in [0, 0.05) is 33.1 Å². The maximum Gasteiger partial charge on any atom is 0.258 e. The highest BCUT2D eigenvalue weighted by molar-refractivity contribution is 6.04. The van der Waals surface area contributed by atoms with Gasteiger partial charge in [0.2, 0.25) is 5.91 Å². The van der Waals surface area contributed by atoms with Gasteiger partial charge in [-0.05, 0) is 24.3 Å². The van der Waals surface area contributed by atoms with Crippen LogP contribution < -0.4 is 10.2 Å². The average molecular weight is 378 g/mol. The van der Waals surface area contributed by atoms with Gasteiger partial charge in [-0.2, -0.15) is 0 Å². The molecule has 0 atom stereocenters. The molecule has 1 aliphatic rings. The predicted molar refractivity (Wildman–Crippen MR) is 93.0 cm³/mol. The Morgan fingerprint density at radius 2 is 1.70 bits per heavy atom. The van der Waals surface area contributed by atoms with Crippen molar-refractivity contribution < 1.29 is 22.8 Å². The first-order chi connectivity index (χ1) is 12.9. The predicted octanol–water partition coefficient (Wildman–Crippen LogP) is 2.42. The molecule has 1 aliphatic heterocycles. The minimum absolute atomic E-state index is 0.0325. The fourth-order valence-corrected chi connectivity index (χ4v) is 2.80. The van der Waals surface area contributed by atoms with E-state index in [-0.39, 0.29) is 11.6 Å². The molecule has 2 heterocycles. The summed E-state index contributed by atoms with van der Waals surface area (Å²) in [6, 6.07) is 4.82. The van der Waals surface area contributed by atoms with Gasteiger partial charge in [-0.25, -0.2) is 18.2 Å². The van der Waals surface area contributed by atoms with Gasteiger partial charge in [-0.1, -0.05) is 0 Å². The molecule has 27 heavy (non-hydrogen) atoms. The zero-order chi connectivity index (χ0) is 19.6. The second-order valence-electron chi connectivity index (χ2n) is 6.08. The van der Waals surface area contributed by atoms with E-state index in [2.05, 4.69) is 10.3 Å². The molecule has 2 aromatic rings. The molecule has 0 unspecified atom stereocenters. The molecule has 1 aromatic heterocycles. The molecule has 0 spiro atoms. The smallest absolute Gasteiger partial charge is 0.258 e. The number of rotatable bonds is 3. The molecule has 0 bridgehead atoms. The van der Waals surface area contributed by atoms with E-state index in [1.807, 2.05) is 4.90 Å². The van der Waals surface area contributed by atoms with Gasteiger partial charge < -0.3 is 15.1 Å². The van der Waals surface area contributed by atoms with E-state index in [1.165, 1.54) is 13.1 Å². The van der Waals surface area contributed by atoms with Crippen molar-refractivity contribution in [3.05, 3.63) is 53.5 Å². The number of halogens is 3. The zero-order valence-corrected chi connectivity index (χ0v) is 14.5. The van der Waals surface area contributed by atoms with Crippen molar-refractivity contribution in [1.82, 2.24) is 9.88 Å². The molecule has 1 fully saturated rings. The normalized spacial score (nSPS) is 14.2. The van der Waals surface area contributed by atoms with Crippen LogP contribution in [0.2, 0.25) is 0 Å². The summed E-state index contributed by atoms with van der Waals surface area (Å²) in [7, 11) is 0. The number of nitrogens with zero attached hydrogens (tertiary/aromatic N) is 3. The number of anilines is 2. The fourth-order valence-electron chi connectivity index (χ4n) is 2.80. The highest BCUT2D eigenvalue weighted by atomic mass is 19.2. The Hall–Kier alpha value is -3.10. The van der Waals surface area contributed by atoms with Crippen LogP contribution in [0.4, 0.5) is 24.7 Å². The number of hydrogen-bond donors (Lipinski definition) is 1. The van der Waals surface area contributed by atoms with Gasteiger partial charge in [0.15, 0.2) is 17.5 Å². The lowest BCUT2D eigenvalue weighted by Gasteiger charge is -2.34. The molecule has 142 valence electrons. The summed E-state index contributed by atoms with van der Waals surface area (Å²) in [5.74, 6) is -4.79. The second-order valence-corrected chi connectivity index (χ2v) is 6.08. The lowest BCUT2D eigenvalue weighted by atomic mass is 10.2. The van der Waals surface area contributed by atoms with E-state index in [0.717, 1.165) is 6.07 Å². The number of amides is 2. The van der Waals surface area contributed by atoms with Crippen molar-refractivity contribution in [1.29, 1.82) is 0 Å².